The van der Waals surface area contributed by atoms with Gasteiger partial charge in [0.05, 0.1) is 0 Å². The molecule has 1 unspecified atom stereocenters. The Morgan fingerprint density at radius 3 is 2.00 bits per heavy atom. The van der Waals surface area contributed by atoms with Crippen molar-refractivity contribution in [1.82, 2.24) is 0 Å². The number of benzene rings is 2. The number of rotatable bonds is 3. The molecular weight excluding hydrogens is 256 g/mol. The van der Waals surface area contributed by atoms with E-state index >= 15 is 0 Å². The summed E-state index contributed by atoms with van der Waals surface area (Å²) in [7, 11) is 0. The number of anilines is 1. The minimum atomic E-state index is -1.02. The molecule has 20 heavy (non-hydrogen) atoms. The summed E-state index contributed by atoms with van der Waals surface area (Å²) in [5, 5.41) is 17.5. The smallest absolute Gasteiger partial charge is 0.320 e. The second-order valence-electron chi connectivity index (χ2n) is 4.23. The van der Waals surface area contributed by atoms with Crippen LogP contribution in [0.3, 0.4) is 0 Å². The van der Waals surface area contributed by atoms with Crippen LogP contribution < -0.4 is 11.5 Å². The zero-order chi connectivity index (χ0) is 15.0. The van der Waals surface area contributed by atoms with E-state index in [1.54, 1.807) is 12.1 Å². The molecule has 0 aliphatic heterocycles. The topological polar surface area (TPSA) is 110 Å². The van der Waals surface area contributed by atoms with Crippen molar-refractivity contribution in [3.05, 3.63) is 60.2 Å². The fraction of sp³-hybridized carbons (Fsp3) is 0.133. The van der Waals surface area contributed by atoms with E-state index in [2.05, 4.69) is 0 Å². The van der Waals surface area contributed by atoms with Gasteiger partial charge in [0.1, 0.15) is 11.8 Å². The van der Waals surface area contributed by atoms with Crippen molar-refractivity contribution in [2.45, 2.75) is 12.5 Å². The molecular formula is C15H18N2O3. The van der Waals surface area contributed by atoms with Crippen LogP contribution in [0.2, 0.25) is 0 Å². The molecule has 5 nitrogen and oxygen atoms in total. The second kappa shape index (κ2) is 7.81. The number of phenolic OH excluding ortho intramolecular Hbond substituents is 1. The molecule has 2 aromatic rings. The van der Waals surface area contributed by atoms with Crippen molar-refractivity contribution in [1.29, 1.82) is 0 Å². The summed E-state index contributed by atoms with van der Waals surface area (Å²) in [5.74, 6) is -0.860. The van der Waals surface area contributed by atoms with E-state index in [1.807, 2.05) is 30.3 Å². The first-order valence-corrected chi connectivity index (χ1v) is 6.06. The van der Waals surface area contributed by atoms with Gasteiger partial charge in [-0.3, -0.25) is 4.79 Å². The molecule has 0 spiro atoms. The maximum Gasteiger partial charge on any atom is 0.320 e. The molecule has 0 heterocycles. The maximum absolute atomic E-state index is 10.4. The molecule has 0 fully saturated rings. The molecule has 5 heteroatoms. The largest absolute Gasteiger partial charge is 0.508 e. The van der Waals surface area contributed by atoms with Gasteiger partial charge < -0.3 is 21.7 Å². The molecule has 6 N–H and O–H groups in total. The summed E-state index contributed by atoms with van der Waals surface area (Å²) < 4.78 is 0. The molecule has 0 bridgehead atoms. The molecule has 2 rings (SSSR count). The van der Waals surface area contributed by atoms with Gasteiger partial charge in [-0.25, -0.2) is 0 Å². The average molecular weight is 274 g/mol. The number of carboxylic acids is 1. The van der Waals surface area contributed by atoms with E-state index in [9.17, 15) is 4.79 Å². The Labute approximate surface area is 117 Å². The number of phenols is 1. The first-order chi connectivity index (χ1) is 9.49. The van der Waals surface area contributed by atoms with Crippen molar-refractivity contribution in [3.8, 4) is 5.75 Å². The van der Waals surface area contributed by atoms with Gasteiger partial charge in [-0.05, 0) is 36.2 Å². The lowest BCUT2D eigenvalue weighted by Crippen LogP contribution is -2.32. The first kappa shape index (κ1) is 15.5. The predicted molar refractivity (Wildman–Crippen MR) is 78.3 cm³/mol. The third-order valence-electron chi connectivity index (χ3n) is 2.51. The molecule has 0 saturated heterocycles. The van der Waals surface area contributed by atoms with Crippen LogP contribution >= 0.6 is 0 Å². The van der Waals surface area contributed by atoms with E-state index in [0.717, 1.165) is 11.3 Å². The molecule has 2 aromatic carbocycles. The molecule has 0 radical (unpaired) electrons. The number of hydrogen-bond donors (Lipinski definition) is 4. The minimum absolute atomic E-state index is 0.160. The van der Waals surface area contributed by atoms with Crippen LogP contribution in [0.25, 0.3) is 0 Å². The molecule has 0 aliphatic rings. The highest BCUT2D eigenvalue weighted by molar-refractivity contribution is 5.73. The number of carboxylic acid groups (broad SMARTS) is 1. The molecule has 0 saturated carbocycles. The van der Waals surface area contributed by atoms with Gasteiger partial charge in [0.25, 0.3) is 0 Å². The lowest BCUT2D eigenvalue weighted by molar-refractivity contribution is -0.138. The Hall–Kier alpha value is -2.53. The number of aliphatic carboxylic acids is 1. The number of nitrogens with two attached hydrogens (primary N) is 2. The quantitative estimate of drug-likeness (QED) is 0.636. The van der Waals surface area contributed by atoms with Crippen LogP contribution in [0.1, 0.15) is 5.56 Å². The van der Waals surface area contributed by atoms with Crippen LogP contribution in [-0.2, 0) is 11.2 Å². The molecule has 0 aromatic heterocycles. The van der Waals surface area contributed by atoms with Crippen molar-refractivity contribution in [2.75, 3.05) is 5.73 Å². The highest BCUT2D eigenvalue weighted by atomic mass is 16.4. The van der Waals surface area contributed by atoms with Crippen LogP contribution in [-0.4, -0.2) is 22.2 Å². The lowest BCUT2D eigenvalue weighted by atomic mass is 10.1. The van der Waals surface area contributed by atoms with Crippen LogP contribution in [0.5, 0.6) is 5.75 Å². The number of nitrogen functional groups attached to an aromatic ring is 1. The summed E-state index contributed by atoms with van der Waals surface area (Å²) in [6.45, 7) is 0. The van der Waals surface area contributed by atoms with E-state index in [4.69, 9.17) is 21.7 Å². The summed E-state index contributed by atoms with van der Waals surface area (Å²) in [5.41, 5.74) is 12.3. The van der Waals surface area contributed by atoms with Gasteiger partial charge in [-0.1, -0.05) is 30.3 Å². The first-order valence-electron chi connectivity index (χ1n) is 6.06. The van der Waals surface area contributed by atoms with Crippen LogP contribution in [0, 0.1) is 0 Å². The van der Waals surface area contributed by atoms with Gasteiger partial charge in [0, 0.05) is 5.69 Å². The number of aromatic hydroxyl groups is 1. The van der Waals surface area contributed by atoms with Gasteiger partial charge >= 0.3 is 5.97 Å². The average Bonchev–Trinajstić information content (AvgIpc) is 2.43. The van der Waals surface area contributed by atoms with Crippen molar-refractivity contribution >= 4 is 11.7 Å². The van der Waals surface area contributed by atoms with Crippen molar-refractivity contribution in [2.24, 2.45) is 5.73 Å². The molecule has 0 aliphatic carbocycles. The number of para-hydroxylation sites is 1. The second-order valence-corrected chi connectivity index (χ2v) is 4.23. The summed E-state index contributed by atoms with van der Waals surface area (Å²) in [6, 6.07) is 14.9. The fourth-order valence-corrected chi connectivity index (χ4v) is 1.43. The number of carbonyl (C=O) groups is 1. The standard InChI is InChI=1S/C9H11NO3.C6H7N/c10-8(9(12)13)5-6-1-3-7(11)4-2-6;7-6-4-2-1-3-5-6/h1-4,8,11H,5,10H2,(H,12,13);1-5H,7H2. The van der Waals surface area contributed by atoms with Crippen molar-refractivity contribution in [3.63, 3.8) is 0 Å². The highest BCUT2D eigenvalue weighted by Crippen LogP contribution is 2.10. The lowest BCUT2D eigenvalue weighted by Gasteiger charge is -2.05. The zero-order valence-corrected chi connectivity index (χ0v) is 10.9. The van der Waals surface area contributed by atoms with Crippen LogP contribution in [0.15, 0.2) is 54.6 Å². The maximum atomic E-state index is 10.4. The Morgan fingerprint density at radius 2 is 1.60 bits per heavy atom. The third-order valence-corrected chi connectivity index (χ3v) is 2.51. The van der Waals surface area contributed by atoms with E-state index in [-0.39, 0.29) is 12.2 Å². The van der Waals surface area contributed by atoms with Gasteiger partial charge in [0.2, 0.25) is 0 Å². The Bertz CT molecular complexity index is 527. The Kier molecular flexibility index (Phi) is 6.06. The Morgan fingerprint density at radius 1 is 1.05 bits per heavy atom. The van der Waals surface area contributed by atoms with E-state index in [0.29, 0.717) is 0 Å². The van der Waals surface area contributed by atoms with Gasteiger partial charge in [-0.15, -0.1) is 0 Å². The SMILES string of the molecule is NC(Cc1ccc(O)cc1)C(=O)O.Nc1ccccc1. The fourth-order valence-electron chi connectivity index (χ4n) is 1.43. The van der Waals surface area contributed by atoms with Crippen LogP contribution in [0.4, 0.5) is 5.69 Å². The van der Waals surface area contributed by atoms with Crippen molar-refractivity contribution < 1.29 is 15.0 Å². The monoisotopic (exact) mass is 274 g/mol. The van der Waals surface area contributed by atoms with Gasteiger partial charge in [0.15, 0.2) is 0 Å². The summed E-state index contributed by atoms with van der Waals surface area (Å²) in [6.07, 6.45) is 0.273. The summed E-state index contributed by atoms with van der Waals surface area (Å²) in [4.78, 5) is 10.4. The summed E-state index contributed by atoms with van der Waals surface area (Å²) >= 11 is 0. The van der Waals surface area contributed by atoms with Gasteiger partial charge in [-0.2, -0.15) is 0 Å². The molecule has 106 valence electrons. The molecule has 1 atom stereocenters. The molecule has 0 amide bonds. The van der Waals surface area contributed by atoms with E-state index < -0.39 is 12.0 Å². The normalized spacial score (nSPS) is 11.1. The predicted octanol–water partition coefficient (Wildman–Crippen LogP) is 1.62. The highest BCUT2D eigenvalue weighted by Gasteiger charge is 2.11. The van der Waals surface area contributed by atoms with E-state index in [1.165, 1.54) is 12.1 Å². The third kappa shape index (κ3) is 5.88. The Balaban J connectivity index is 0.000000240. The number of hydrogen-bond acceptors (Lipinski definition) is 4. The minimum Gasteiger partial charge on any atom is -0.508 e. The zero-order valence-electron chi connectivity index (χ0n) is 10.9.